The van der Waals surface area contributed by atoms with Crippen molar-refractivity contribution >= 4 is 11.3 Å². The van der Waals surface area contributed by atoms with E-state index in [0.29, 0.717) is 6.04 Å². The topological polar surface area (TPSA) is 12.0 Å². The fourth-order valence-corrected chi connectivity index (χ4v) is 2.45. The van der Waals surface area contributed by atoms with Gasteiger partial charge >= 0.3 is 0 Å². The molecule has 2 heteroatoms. The van der Waals surface area contributed by atoms with Crippen LogP contribution in [0, 0.1) is 6.92 Å². The Morgan fingerprint density at radius 1 is 1.38 bits per heavy atom. The number of aryl methyl sites for hydroxylation is 1. The minimum atomic E-state index is 0.683. The second-order valence-corrected chi connectivity index (χ2v) is 4.91. The van der Waals surface area contributed by atoms with E-state index in [9.17, 15) is 0 Å². The van der Waals surface area contributed by atoms with Gasteiger partial charge in [0.2, 0.25) is 0 Å². The van der Waals surface area contributed by atoms with E-state index in [1.54, 1.807) is 0 Å². The molecule has 70 valence electrons. The Labute approximate surface area is 83.5 Å². The second-order valence-electron chi connectivity index (χ2n) is 3.53. The van der Waals surface area contributed by atoms with E-state index in [1.807, 2.05) is 11.3 Å². The molecule has 0 atom stereocenters. The SMILES string of the molecule is Cc1ccc(CNC2CC=CC2)s1. The molecule has 1 nitrogen and oxygen atoms in total. The molecule has 0 unspecified atom stereocenters. The highest BCUT2D eigenvalue weighted by Crippen LogP contribution is 2.16. The van der Waals surface area contributed by atoms with Crippen LogP contribution in [0.15, 0.2) is 24.3 Å². The van der Waals surface area contributed by atoms with E-state index in [4.69, 9.17) is 0 Å². The first kappa shape index (κ1) is 8.97. The third-order valence-electron chi connectivity index (χ3n) is 2.37. The normalized spacial score (nSPS) is 17.0. The van der Waals surface area contributed by atoms with Crippen LogP contribution in [-0.4, -0.2) is 6.04 Å². The van der Waals surface area contributed by atoms with Crippen molar-refractivity contribution in [3.05, 3.63) is 34.0 Å². The molecule has 0 radical (unpaired) electrons. The standard InChI is InChI=1S/C11H15NS/c1-9-6-7-11(13-9)8-12-10-4-2-3-5-10/h2-3,6-7,10,12H,4-5,8H2,1H3. The maximum Gasteiger partial charge on any atom is 0.0302 e. The summed E-state index contributed by atoms with van der Waals surface area (Å²) in [6.07, 6.45) is 6.92. The number of hydrogen-bond donors (Lipinski definition) is 1. The molecule has 1 aromatic heterocycles. The molecule has 0 saturated heterocycles. The van der Waals surface area contributed by atoms with Crippen LogP contribution in [0.25, 0.3) is 0 Å². The van der Waals surface area contributed by atoms with Gasteiger partial charge in [-0.05, 0) is 31.9 Å². The maximum atomic E-state index is 3.56. The second kappa shape index (κ2) is 4.07. The van der Waals surface area contributed by atoms with Crippen LogP contribution >= 0.6 is 11.3 Å². The summed E-state index contributed by atoms with van der Waals surface area (Å²) in [7, 11) is 0. The van der Waals surface area contributed by atoms with Gasteiger partial charge in [0.05, 0.1) is 0 Å². The predicted octanol–water partition coefficient (Wildman–Crippen LogP) is 2.86. The lowest BCUT2D eigenvalue weighted by atomic mass is 10.2. The Kier molecular flexibility index (Phi) is 2.81. The van der Waals surface area contributed by atoms with Crippen molar-refractivity contribution in [2.75, 3.05) is 0 Å². The average molecular weight is 193 g/mol. The van der Waals surface area contributed by atoms with Crippen LogP contribution in [0.1, 0.15) is 22.6 Å². The molecule has 1 heterocycles. The van der Waals surface area contributed by atoms with Gasteiger partial charge in [-0.3, -0.25) is 0 Å². The molecule has 0 fully saturated rings. The highest BCUT2D eigenvalue weighted by atomic mass is 32.1. The van der Waals surface area contributed by atoms with Crippen LogP contribution in [-0.2, 0) is 6.54 Å². The molecule has 1 N–H and O–H groups in total. The summed E-state index contributed by atoms with van der Waals surface area (Å²) < 4.78 is 0. The summed E-state index contributed by atoms with van der Waals surface area (Å²) in [5.74, 6) is 0. The fourth-order valence-electron chi connectivity index (χ4n) is 1.61. The Balaban J connectivity index is 1.79. The number of hydrogen-bond acceptors (Lipinski definition) is 2. The van der Waals surface area contributed by atoms with Gasteiger partial charge in [0, 0.05) is 22.3 Å². The molecule has 1 aliphatic rings. The van der Waals surface area contributed by atoms with Gasteiger partial charge in [-0.15, -0.1) is 11.3 Å². The lowest BCUT2D eigenvalue weighted by Crippen LogP contribution is -2.25. The van der Waals surface area contributed by atoms with E-state index >= 15 is 0 Å². The maximum absolute atomic E-state index is 3.56. The lowest BCUT2D eigenvalue weighted by molar-refractivity contribution is 0.542. The smallest absolute Gasteiger partial charge is 0.0302 e. The molecule has 0 bridgehead atoms. The summed E-state index contributed by atoms with van der Waals surface area (Å²) >= 11 is 1.89. The van der Waals surface area contributed by atoms with Crippen LogP contribution < -0.4 is 5.32 Å². The third kappa shape index (κ3) is 2.42. The zero-order chi connectivity index (χ0) is 9.10. The Morgan fingerprint density at radius 2 is 2.15 bits per heavy atom. The summed E-state index contributed by atoms with van der Waals surface area (Å²) in [6, 6.07) is 5.09. The summed E-state index contributed by atoms with van der Waals surface area (Å²) in [4.78, 5) is 2.85. The molecule has 0 aliphatic heterocycles. The number of rotatable bonds is 3. The zero-order valence-electron chi connectivity index (χ0n) is 7.92. The summed E-state index contributed by atoms with van der Waals surface area (Å²) in [5, 5.41) is 3.56. The van der Waals surface area contributed by atoms with Crippen molar-refractivity contribution in [2.24, 2.45) is 0 Å². The van der Waals surface area contributed by atoms with Crippen LogP contribution in [0.4, 0.5) is 0 Å². The van der Waals surface area contributed by atoms with Crippen LogP contribution in [0.5, 0.6) is 0 Å². The van der Waals surface area contributed by atoms with Gasteiger partial charge in [-0.1, -0.05) is 12.2 Å². The van der Waals surface area contributed by atoms with Crippen molar-refractivity contribution in [3.8, 4) is 0 Å². The molecule has 2 rings (SSSR count). The predicted molar refractivity (Wildman–Crippen MR) is 58.1 cm³/mol. The molecular weight excluding hydrogens is 178 g/mol. The monoisotopic (exact) mass is 193 g/mol. The van der Waals surface area contributed by atoms with E-state index in [1.165, 1.54) is 22.6 Å². The minimum absolute atomic E-state index is 0.683. The molecule has 0 spiro atoms. The summed E-state index contributed by atoms with van der Waals surface area (Å²) in [6.45, 7) is 3.19. The van der Waals surface area contributed by atoms with Crippen LogP contribution in [0.3, 0.4) is 0 Å². The van der Waals surface area contributed by atoms with E-state index in [0.717, 1.165) is 6.54 Å². The van der Waals surface area contributed by atoms with Crippen molar-refractivity contribution in [3.63, 3.8) is 0 Å². The van der Waals surface area contributed by atoms with Gasteiger partial charge in [0.25, 0.3) is 0 Å². The van der Waals surface area contributed by atoms with Gasteiger partial charge in [0.15, 0.2) is 0 Å². The largest absolute Gasteiger partial charge is 0.308 e. The van der Waals surface area contributed by atoms with Crippen molar-refractivity contribution in [1.82, 2.24) is 5.32 Å². The molecule has 1 aromatic rings. The molecule has 0 aromatic carbocycles. The van der Waals surface area contributed by atoms with Gasteiger partial charge in [-0.2, -0.15) is 0 Å². The first-order chi connectivity index (χ1) is 6.34. The minimum Gasteiger partial charge on any atom is -0.308 e. The quantitative estimate of drug-likeness (QED) is 0.728. The molecule has 0 saturated carbocycles. The Hall–Kier alpha value is -0.600. The zero-order valence-corrected chi connectivity index (χ0v) is 8.73. The molecule has 1 aliphatic carbocycles. The highest BCUT2D eigenvalue weighted by Gasteiger charge is 2.08. The number of thiophene rings is 1. The Morgan fingerprint density at radius 3 is 2.77 bits per heavy atom. The Bertz CT molecular complexity index is 293. The van der Waals surface area contributed by atoms with E-state index < -0.39 is 0 Å². The lowest BCUT2D eigenvalue weighted by Gasteiger charge is -2.09. The van der Waals surface area contributed by atoms with Gasteiger partial charge in [0.1, 0.15) is 0 Å². The average Bonchev–Trinajstić information content (AvgIpc) is 2.71. The molecule has 0 amide bonds. The fraction of sp³-hybridized carbons (Fsp3) is 0.455. The van der Waals surface area contributed by atoms with Crippen LogP contribution in [0.2, 0.25) is 0 Å². The first-order valence-electron chi connectivity index (χ1n) is 4.78. The summed E-state index contributed by atoms with van der Waals surface area (Å²) in [5.41, 5.74) is 0. The van der Waals surface area contributed by atoms with E-state index in [-0.39, 0.29) is 0 Å². The molecular formula is C11H15NS. The van der Waals surface area contributed by atoms with Crippen molar-refractivity contribution in [2.45, 2.75) is 32.4 Å². The van der Waals surface area contributed by atoms with Gasteiger partial charge in [-0.25, -0.2) is 0 Å². The van der Waals surface area contributed by atoms with Crippen molar-refractivity contribution < 1.29 is 0 Å². The highest BCUT2D eigenvalue weighted by molar-refractivity contribution is 7.11. The number of nitrogens with one attached hydrogen (secondary N) is 1. The third-order valence-corrected chi connectivity index (χ3v) is 3.37. The van der Waals surface area contributed by atoms with E-state index in [2.05, 4.69) is 36.5 Å². The van der Waals surface area contributed by atoms with Crippen molar-refractivity contribution in [1.29, 1.82) is 0 Å². The molecule has 13 heavy (non-hydrogen) atoms. The van der Waals surface area contributed by atoms with Gasteiger partial charge < -0.3 is 5.32 Å². The first-order valence-corrected chi connectivity index (χ1v) is 5.60.